The lowest BCUT2D eigenvalue weighted by Crippen LogP contribution is -2.45. The fourth-order valence-electron chi connectivity index (χ4n) is 9.31. The Morgan fingerprint density at radius 1 is 0.980 bits per heavy atom. The molecule has 3 amide bonds. The Hall–Kier alpha value is -4.21. The highest BCUT2D eigenvalue weighted by Crippen LogP contribution is 2.60. The van der Waals surface area contributed by atoms with Crippen LogP contribution in [0.15, 0.2) is 72.8 Å². The number of methoxy groups -OCH3 is 1. The van der Waals surface area contributed by atoms with Crippen LogP contribution in [0.3, 0.4) is 0 Å². The number of anilines is 2. The number of para-hydroxylation sites is 1. The van der Waals surface area contributed by atoms with Crippen molar-refractivity contribution >= 4 is 29.1 Å². The van der Waals surface area contributed by atoms with Crippen molar-refractivity contribution in [3.05, 3.63) is 89.5 Å². The third-order valence-electron chi connectivity index (χ3n) is 11.9. The molecule has 1 N–H and O–H groups in total. The van der Waals surface area contributed by atoms with Crippen LogP contribution >= 0.6 is 0 Å². The molecular weight excluding hydrogens is 630 g/mol. The van der Waals surface area contributed by atoms with Gasteiger partial charge >= 0.3 is 0 Å². The number of ether oxygens (including phenoxy) is 2. The van der Waals surface area contributed by atoms with Crippen LogP contribution in [0.1, 0.15) is 76.0 Å². The molecule has 9 nitrogen and oxygen atoms in total. The van der Waals surface area contributed by atoms with Crippen LogP contribution in [0.4, 0.5) is 11.4 Å². The Morgan fingerprint density at radius 2 is 1.72 bits per heavy atom. The van der Waals surface area contributed by atoms with Gasteiger partial charge in [0, 0.05) is 42.6 Å². The maximum absolute atomic E-state index is 15.0. The first-order valence-corrected chi connectivity index (χ1v) is 18.1. The normalized spacial score (nSPS) is 26.6. The zero-order valence-electron chi connectivity index (χ0n) is 29.6. The van der Waals surface area contributed by atoms with Gasteiger partial charge in [-0.15, -0.1) is 0 Å². The van der Waals surface area contributed by atoms with Crippen molar-refractivity contribution < 1.29 is 29.0 Å². The number of carbonyl (C=O) groups excluding carboxylic acids is 3. The van der Waals surface area contributed by atoms with Gasteiger partial charge in [0.25, 0.3) is 5.91 Å². The Morgan fingerprint density at radius 3 is 2.42 bits per heavy atom. The summed E-state index contributed by atoms with van der Waals surface area (Å²) < 4.78 is 12.6. The van der Waals surface area contributed by atoms with E-state index >= 15 is 4.79 Å². The van der Waals surface area contributed by atoms with E-state index in [1.165, 1.54) is 0 Å². The third-order valence-corrected chi connectivity index (χ3v) is 11.9. The van der Waals surface area contributed by atoms with E-state index in [1.807, 2.05) is 70.5 Å². The number of amides is 3. The number of hydrogen-bond acceptors (Lipinski definition) is 6. The van der Waals surface area contributed by atoms with Gasteiger partial charge in [-0.1, -0.05) is 63.2 Å². The fourth-order valence-corrected chi connectivity index (χ4v) is 9.31. The number of hydrogen-bond donors (Lipinski definition) is 1. The minimum Gasteiger partial charge on any atom is -0.497 e. The third kappa shape index (κ3) is 5.68. The van der Waals surface area contributed by atoms with Crippen LogP contribution in [0, 0.1) is 11.8 Å². The number of likely N-dealkylation sites (tertiary alicyclic amines) is 1. The van der Waals surface area contributed by atoms with Crippen LogP contribution in [-0.2, 0) is 36.7 Å². The molecule has 3 aromatic rings. The van der Waals surface area contributed by atoms with Crippen molar-refractivity contribution in [1.29, 1.82) is 0 Å². The highest BCUT2D eigenvalue weighted by atomic mass is 16.5. The van der Waals surface area contributed by atoms with Crippen molar-refractivity contribution in [2.75, 3.05) is 36.6 Å². The Balaban J connectivity index is 1.24. The Kier molecular flexibility index (Phi) is 9.24. The molecule has 0 aliphatic carbocycles. The molecule has 0 aromatic heterocycles. The molecule has 1 spiro atoms. The molecule has 4 aliphatic rings. The Labute approximate surface area is 295 Å². The van der Waals surface area contributed by atoms with Gasteiger partial charge in [0.05, 0.1) is 44.5 Å². The topological polar surface area (TPSA) is 99.6 Å². The van der Waals surface area contributed by atoms with E-state index in [0.29, 0.717) is 19.5 Å². The SMILES string of the molecule is COc1ccc(C(C)(C)[C@@H]2[C@@H](CC(=O)N3CCC[C@H]3CO)O[C@]3(C(=O)N(Cc4ccc(N5CCCCC5=O)cc4)c4ccccc43)[C@H]2C)cc1. The fraction of sp³-hybridized carbons (Fsp3) is 0.488. The standard InChI is InChI=1S/C41H49N3O6/c1-27-38(40(2,3)29-16-20-32(49-4)21-17-29)35(24-37(47)43-23-9-10-31(43)26-45)50-41(27)33-11-5-6-12-34(33)44(39(41)48)25-28-14-18-30(19-15-28)42-22-8-7-13-36(42)46/h5-6,11-12,14-21,27,31,35,38,45H,7-10,13,22-26H2,1-4H3/t27-,31-,35+,38-,41+/m0/s1. The highest BCUT2D eigenvalue weighted by Gasteiger charge is 2.66. The number of carbonyl (C=O) groups is 3. The summed E-state index contributed by atoms with van der Waals surface area (Å²) in [6.07, 6.45) is 3.72. The van der Waals surface area contributed by atoms with Crippen LogP contribution < -0.4 is 14.5 Å². The first-order valence-electron chi connectivity index (χ1n) is 18.1. The summed E-state index contributed by atoms with van der Waals surface area (Å²) in [5.74, 6) is 0.261. The van der Waals surface area contributed by atoms with Crippen LogP contribution in [0.5, 0.6) is 5.75 Å². The monoisotopic (exact) mass is 679 g/mol. The number of fused-ring (bicyclic) bond motifs is 2. The smallest absolute Gasteiger partial charge is 0.264 e. The molecule has 264 valence electrons. The molecule has 0 bridgehead atoms. The zero-order chi connectivity index (χ0) is 35.2. The quantitative estimate of drug-likeness (QED) is 0.300. The van der Waals surface area contributed by atoms with Gasteiger partial charge in [0.15, 0.2) is 5.60 Å². The molecule has 4 heterocycles. The van der Waals surface area contributed by atoms with Gasteiger partial charge in [-0.25, -0.2) is 0 Å². The van der Waals surface area contributed by atoms with Crippen LogP contribution in [-0.4, -0.2) is 66.7 Å². The molecule has 3 saturated heterocycles. The first kappa shape index (κ1) is 34.2. The molecular formula is C41H49N3O6. The minimum atomic E-state index is -1.28. The largest absolute Gasteiger partial charge is 0.497 e. The van der Waals surface area contributed by atoms with Gasteiger partial charge in [-0.2, -0.15) is 0 Å². The molecule has 50 heavy (non-hydrogen) atoms. The van der Waals surface area contributed by atoms with Gasteiger partial charge in [0.2, 0.25) is 11.8 Å². The van der Waals surface area contributed by atoms with Crippen molar-refractivity contribution in [1.82, 2.24) is 4.90 Å². The van der Waals surface area contributed by atoms with Crippen LogP contribution in [0.2, 0.25) is 0 Å². The summed E-state index contributed by atoms with van der Waals surface area (Å²) in [6, 6.07) is 23.7. The van der Waals surface area contributed by atoms with Crippen molar-refractivity contribution in [3.63, 3.8) is 0 Å². The van der Waals surface area contributed by atoms with Gasteiger partial charge in [0.1, 0.15) is 5.75 Å². The molecule has 3 aromatic carbocycles. The molecule has 4 aliphatic heterocycles. The zero-order valence-corrected chi connectivity index (χ0v) is 29.6. The van der Waals surface area contributed by atoms with E-state index in [9.17, 15) is 14.7 Å². The average molecular weight is 680 g/mol. The number of nitrogens with zero attached hydrogens (tertiary/aromatic N) is 3. The predicted octanol–water partition coefficient (Wildman–Crippen LogP) is 5.96. The number of piperidine rings is 1. The number of aliphatic hydroxyl groups excluding tert-OH is 1. The van der Waals surface area contributed by atoms with Crippen LogP contribution in [0.25, 0.3) is 0 Å². The number of aliphatic hydroxyl groups is 1. The van der Waals surface area contributed by atoms with E-state index in [-0.39, 0.29) is 48.6 Å². The summed E-state index contributed by atoms with van der Waals surface area (Å²) in [5.41, 5.74) is 2.79. The van der Waals surface area contributed by atoms with Gasteiger partial charge in [-0.3, -0.25) is 14.4 Å². The van der Waals surface area contributed by atoms with E-state index in [1.54, 1.807) is 12.0 Å². The molecule has 5 atom stereocenters. The van der Waals surface area contributed by atoms with E-state index in [4.69, 9.17) is 9.47 Å². The summed E-state index contributed by atoms with van der Waals surface area (Å²) in [4.78, 5) is 47.0. The van der Waals surface area contributed by atoms with E-state index in [0.717, 1.165) is 66.0 Å². The summed E-state index contributed by atoms with van der Waals surface area (Å²) in [7, 11) is 1.65. The second kappa shape index (κ2) is 13.5. The molecule has 7 rings (SSSR count). The lowest BCUT2D eigenvalue weighted by molar-refractivity contribution is -0.150. The lowest BCUT2D eigenvalue weighted by Gasteiger charge is -2.39. The molecule has 0 radical (unpaired) electrons. The predicted molar refractivity (Wildman–Crippen MR) is 192 cm³/mol. The molecule has 0 unspecified atom stereocenters. The van der Waals surface area contributed by atoms with E-state index < -0.39 is 17.1 Å². The van der Waals surface area contributed by atoms with E-state index in [2.05, 4.69) is 32.9 Å². The van der Waals surface area contributed by atoms with Gasteiger partial charge < -0.3 is 29.3 Å². The lowest BCUT2D eigenvalue weighted by atomic mass is 9.63. The second-order valence-electron chi connectivity index (χ2n) is 15.0. The summed E-state index contributed by atoms with van der Waals surface area (Å²) in [6.45, 7) is 8.10. The second-order valence-corrected chi connectivity index (χ2v) is 15.0. The number of benzene rings is 3. The maximum atomic E-state index is 15.0. The summed E-state index contributed by atoms with van der Waals surface area (Å²) >= 11 is 0. The van der Waals surface area contributed by atoms with Crippen molar-refractivity contribution in [2.24, 2.45) is 11.8 Å². The minimum absolute atomic E-state index is 0.0470. The maximum Gasteiger partial charge on any atom is 0.264 e. The molecule has 9 heteroatoms. The molecule has 3 fully saturated rings. The average Bonchev–Trinajstić information content (AvgIpc) is 3.79. The first-order chi connectivity index (χ1) is 24.1. The van der Waals surface area contributed by atoms with Crippen molar-refractivity contribution in [2.45, 2.75) is 89.0 Å². The highest BCUT2D eigenvalue weighted by molar-refractivity contribution is 6.07. The Bertz CT molecular complexity index is 1740. The number of rotatable bonds is 9. The van der Waals surface area contributed by atoms with Gasteiger partial charge in [-0.05, 0) is 72.6 Å². The van der Waals surface area contributed by atoms with Crippen molar-refractivity contribution in [3.8, 4) is 5.75 Å². The summed E-state index contributed by atoms with van der Waals surface area (Å²) in [5, 5.41) is 10.0. The molecule has 0 saturated carbocycles.